The van der Waals surface area contributed by atoms with Gasteiger partial charge in [-0.05, 0) is 32.2 Å². The van der Waals surface area contributed by atoms with Gasteiger partial charge in [0.2, 0.25) is 0 Å². The Bertz CT molecular complexity index is 88.3. The van der Waals surface area contributed by atoms with Crippen molar-refractivity contribution in [2.45, 2.75) is 37.0 Å². The molecule has 0 saturated carbocycles. The van der Waals surface area contributed by atoms with E-state index in [-0.39, 0.29) is 0 Å². The van der Waals surface area contributed by atoms with Gasteiger partial charge in [0.25, 0.3) is 0 Å². The third-order valence-electron chi connectivity index (χ3n) is 2.51. The number of hydrogen-bond donors (Lipinski definition) is 1. The maximum atomic E-state index is 3.59. The molecule has 0 aromatic carbocycles. The second-order valence-electron chi connectivity index (χ2n) is 3.33. The van der Waals surface area contributed by atoms with Gasteiger partial charge in [0.05, 0.1) is 0 Å². The van der Waals surface area contributed by atoms with Crippen LogP contribution in [-0.4, -0.2) is 23.6 Å². The lowest BCUT2D eigenvalue weighted by Crippen LogP contribution is -2.38. The second-order valence-corrected chi connectivity index (χ2v) is 4.66. The first-order valence-corrected chi connectivity index (χ1v) is 5.35. The molecule has 10 heavy (non-hydrogen) atoms. The first-order chi connectivity index (χ1) is 4.95. The zero-order chi connectivity index (χ0) is 6.81. The summed E-state index contributed by atoms with van der Waals surface area (Å²) in [5.74, 6) is 1.37. The number of rotatable bonds is 0. The summed E-state index contributed by atoms with van der Waals surface area (Å²) in [7, 11) is 0. The van der Waals surface area contributed by atoms with E-state index in [2.05, 4.69) is 17.1 Å². The van der Waals surface area contributed by atoms with Crippen LogP contribution in [0.2, 0.25) is 0 Å². The number of thioether (sulfide) groups is 1. The fraction of sp³-hybridized carbons (Fsp3) is 1.00. The molecule has 1 N–H and O–H groups in total. The lowest BCUT2D eigenvalue weighted by molar-refractivity contribution is 0.433. The molecule has 0 aromatic heterocycles. The molecular formula is C8H15NS. The summed E-state index contributed by atoms with van der Waals surface area (Å²) in [6.07, 6.45) is 5.73. The number of fused-ring (bicyclic) bond motifs is 5. The fourth-order valence-corrected chi connectivity index (χ4v) is 3.26. The maximum Gasteiger partial charge on any atom is 0.0158 e. The predicted octanol–water partition coefficient (Wildman–Crippen LogP) is 1.63. The van der Waals surface area contributed by atoms with Crippen LogP contribution in [0.25, 0.3) is 0 Å². The van der Waals surface area contributed by atoms with Crippen LogP contribution < -0.4 is 5.32 Å². The van der Waals surface area contributed by atoms with Crippen molar-refractivity contribution in [1.29, 1.82) is 0 Å². The van der Waals surface area contributed by atoms with Crippen molar-refractivity contribution >= 4 is 11.8 Å². The van der Waals surface area contributed by atoms with Crippen molar-refractivity contribution in [3.05, 3.63) is 0 Å². The van der Waals surface area contributed by atoms with Gasteiger partial charge in [0.15, 0.2) is 0 Å². The normalized spacial score (nSPS) is 40.8. The summed E-state index contributed by atoms with van der Waals surface area (Å²) in [6.45, 7) is 1.27. The Labute approximate surface area is 67.0 Å². The van der Waals surface area contributed by atoms with Crippen molar-refractivity contribution < 1.29 is 0 Å². The van der Waals surface area contributed by atoms with E-state index in [4.69, 9.17) is 0 Å². The van der Waals surface area contributed by atoms with Crippen LogP contribution in [0.3, 0.4) is 0 Å². The molecule has 3 rings (SSSR count). The Morgan fingerprint density at radius 3 is 3.00 bits per heavy atom. The quantitative estimate of drug-likeness (QED) is 0.573. The van der Waals surface area contributed by atoms with E-state index in [0.717, 1.165) is 11.3 Å². The van der Waals surface area contributed by atoms with Gasteiger partial charge in [-0.2, -0.15) is 11.8 Å². The predicted molar refractivity (Wildman–Crippen MR) is 46.5 cm³/mol. The Hall–Kier alpha value is 0.310. The standard InChI is InChI=1S/C8H15NS/c1-2-8-4-3-7(6-10-8)9-5-1/h7-9H,1-6H2. The lowest BCUT2D eigenvalue weighted by atomic mass is 10.0. The molecule has 0 spiro atoms. The van der Waals surface area contributed by atoms with Crippen LogP contribution in [0.4, 0.5) is 0 Å². The molecule has 3 fully saturated rings. The van der Waals surface area contributed by atoms with Gasteiger partial charge in [-0.15, -0.1) is 0 Å². The van der Waals surface area contributed by atoms with Crippen molar-refractivity contribution in [2.24, 2.45) is 0 Å². The minimum atomic E-state index is 0.849. The molecule has 3 saturated heterocycles. The molecule has 2 unspecified atom stereocenters. The van der Waals surface area contributed by atoms with E-state index in [1.807, 2.05) is 0 Å². The second kappa shape index (κ2) is 3.14. The minimum Gasteiger partial charge on any atom is -0.313 e. The average molecular weight is 157 g/mol. The van der Waals surface area contributed by atoms with Gasteiger partial charge >= 0.3 is 0 Å². The molecule has 3 aliphatic heterocycles. The van der Waals surface area contributed by atoms with Crippen molar-refractivity contribution in [2.75, 3.05) is 12.3 Å². The highest BCUT2D eigenvalue weighted by molar-refractivity contribution is 8.00. The molecule has 0 radical (unpaired) electrons. The zero-order valence-electron chi connectivity index (χ0n) is 6.31. The largest absolute Gasteiger partial charge is 0.313 e. The summed E-state index contributed by atoms with van der Waals surface area (Å²) in [5, 5.41) is 4.60. The summed E-state index contributed by atoms with van der Waals surface area (Å²) < 4.78 is 0. The van der Waals surface area contributed by atoms with Gasteiger partial charge in [0.1, 0.15) is 0 Å². The molecule has 58 valence electrons. The molecule has 0 aromatic rings. The van der Waals surface area contributed by atoms with E-state index in [0.29, 0.717) is 0 Å². The van der Waals surface area contributed by atoms with Gasteiger partial charge in [-0.25, -0.2) is 0 Å². The van der Waals surface area contributed by atoms with Crippen LogP contribution >= 0.6 is 11.8 Å². The molecular weight excluding hydrogens is 142 g/mol. The summed E-state index contributed by atoms with van der Waals surface area (Å²) in [5.41, 5.74) is 0. The number of nitrogens with one attached hydrogen (secondary N) is 1. The smallest absolute Gasteiger partial charge is 0.0158 e. The van der Waals surface area contributed by atoms with Crippen molar-refractivity contribution in [3.63, 3.8) is 0 Å². The molecule has 0 aliphatic carbocycles. The van der Waals surface area contributed by atoms with E-state index in [1.54, 1.807) is 0 Å². The first-order valence-electron chi connectivity index (χ1n) is 4.30. The molecule has 3 heterocycles. The third kappa shape index (κ3) is 1.48. The Morgan fingerprint density at radius 1 is 1.20 bits per heavy atom. The summed E-state index contributed by atoms with van der Waals surface area (Å²) >= 11 is 2.18. The van der Waals surface area contributed by atoms with Crippen molar-refractivity contribution in [1.82, 2.24) is 5.32 Å². The molecule has 2 atom stereocenters. The van der Waals surface area contributed by atoms with Crippen LogP contribution in [0.5, 0.6) is 0 Å². The Morgan fingerprint density at radius 2 is 2.20 bits per heavy atom. The zero-order valence-corrected chi connectivity index (χ0v) is 7.12. The van der Waals surface area contributed by atoms with Gasteiger partial charge in [-0.3, -0.25) is 0 Å². The average Bonchev–Trinajstić information content (AvgIpc) is 1.89. The summed E-state index contributed by atoms with van der Waals surface area (Å²) in [6, 6.07) is 0.849. The van der Waals surface area contributed by atoms with E-state index in [1.165, 1.54) is 38.0 Å². The Kier molecular flexibility index (Phi) is 2.19. The highest BCUT2D eigenvalue weighted by Crippen LogP contribution is 2.30. The molecule has 3 aliphatic rings. The third-order valence-corrected chi connectivity index (χ3v) is 4.04. The molecule has 2 bridgehead atoms. The van der Waals surface area contributed by atoms with Gasteiger partial charge in [-0.1, -0.05) is 0 Å². The van der Waals surface area contributed by atoms with Gasteiger partial charge in [0, 0.05) is 17.0 Å². The molecule has 2 heteroatoms. The van der Waals surface area contributed by atoms with E-state index >= 15 is 0 Å². The topological polar surface area (TPSA) is 12.0 Å². The highest BCUT2D eigenvalue weighted by Gasteiger charge is 2.22. The molecule has 0 amide bonds. The monoisotopic (exact) mass is 157 g/mol. The van der Waals surface area contributed by atoms with Gasteiger partial charge < -0.3 is 5.32 Å². The van der Waals surface area contributed by atoms with Crippen LogP contribution in [-0.2, 0) is 0 Å². The first kappa shape index (κ1) is 6.99. The SMILES string of the molecule is C1CNC2CCC(C1)SC2. The maximum absolute atomic E-state index is 3.59. The Balaban J connectivity index is 1.94. The fourth-order valence-electron chi connectivity index (χ4n) is 1.83. The van der Waals surface area contributed by atoms with E-state index < -0.39 is 0 Å². The van der Waals surface area contributed by atoms with Crippen LogP contribution in [0.15, 0.2) is 0 Å². The highest BCUT2D eigenvalue weighted by atomic mass is 32.2. The molecule has 1 nitrogen and oxygen atoms in total. The lowest BCUT2D eigenvalue weighted by Gasteiger charge is -2.31. The van der Waals surface area contributed by atoms with E-state index in [9.17, 15) is 0 Å². The van der Waals surface area contributed by atoms with Crippen molar-refractivity contribution in [3.8, 4) is 0 Å². The number of hydrogen-bond acceptors (Lipinski definition) is 2. The minimum absolute atomic E-state index is 0.849. The summed E-state index contributed by atoms with van der Waals surface area (Å²) in [4.78, 5) is 0. The van der Waals surface area contributed by atoms with Crippen LogP contribution in [0, 0.1) is 0 Å². The van der Waals surface area contributed by atoms with Crippen LogP contribution in [0.1, 0.15) is 25.7 Å².